The van der Waals surface area contributed by atoms with Gasteiger partial charge in [0.2, 0.25) is 11.8 Å². The zero-order chi connectivity index (χ0) is 93.9. The second kappa shape index (κ2) is 55.4. The quantitative estimate of drug-likeness (QED) is 0.0215. The van der Waals surface area contributed by atoms with Gasteiger partial charge in [0.15, 0.2) is 0 Å². The van der Waals surface area contributed by atoms with Gasteiger partial charge in [0, 0.05) is 75.0 Å². The summed E-state index contributed by atoms with van der Waals surface area (Å²) in [6.07, 6.45) is 14.1. The van der Waals surface area contributed by atoms with Gasteiger partial charge in [-0.15, -0.1) is 11.6 Å². The van der Waals surface area contributed by atoms with Crippen molar-refractivity contribution in [3.8, 4) is 34.5 Å². The molecule has 2 aliphatic heterocycles. The van der Waals surface area contributed by atoms with E-state index in [0.717, 1.165) is 153 Å². The van der Waals surface area contributed by atoms with Gasteiger partial charge in [-0.05, 0) is 227 Å². The number of para-hydroxylation sites is 2. The molecule has 38 heteroatoms. The Balaban J connectivity index is 0.000000326. The third kappa shape index (κ3) is 47.1. The molecule has 704 valence electrons. The van der Waals surface area contributed by atoms with Crippen molar-refractivity contribution in [2.45, 2.75) is 122 Å². The highest BCUT2D eigenvalue weighted by atomic mass is 35.5. The van der Waals surface area contributed by atoms with Crippen molar-refractivity contribution in [1.29, 1.82) is 0 Å². The molecule has 2 amide bonds. The maximum Gasteiger partial charge on any atom is 0.339 e. The van der Waals surface area contributed by atoms with E-state index in [1.54, 1.807) is 121 Å². The van der Waals surface area contributed by atoms with Gasteiger partial charge in [-0.25, -0.2) is 0 Å². The molecule has 9 aromatic carbocycles. The number of aryl methyl sites for hydroxylation is 2. The van der Waals surface area contributed by atoms with Gasteiger partial charge in [-0.2, -0.15) is 58.9 Å². The van der Waals surface area contributed by atoms with Crippen LogP contribution in [0.3, 0.4) is 0 Å². The standard InChI is InChI=1S/C29H34N2O4S.C14H20N2O.2C10H14O6S2.C9H11ClO3S.C9H12O4S.C8H10O2.CH4/c1-3-29(32)31(25-9-5-4-6-10-25)26-17-20-30(21-18-26)19-16-24-8-7-11-27(22-24)35-36(33,34)28-14-12-23(2)13-15-28;1-2-14(17)16(12-6-4-3-5-7-12)13-8-10-15-11-9-13;2*1-17(11,12)15-7-6-9-4-3-5-10(8-9)16-18(2,13)14;2*1-14(11,12)13-9-4-2-3-8(7-9)5-6-10;9-5-4-7-2-1-3-8(10)6-7;/h4-15,22,26H,3,16-21H2,1-2H3;3-7,13,15H,2,8-11H2,1H3;2*3-5,8H,6-7H2,1-2H3;2-4,7H,5-6H2,1H3;2-4,7,10H,5-6H2,1H3;1-3,6,9-10H,4-5H2;1H4. The predicted octanol–water partition coefficient (Wildman–Crippen LogP) is 12.4. The third-order valence-corrected chi connectivity index (χ3v) is 22.6. The van der Waals surface area contributed by atoms with Crippen molar-refractivity contribution in [3.63, 3.8) is 0 Å². The number of hydrogen-bond donors (Lipinski definition) is 4. The molecule has 0 aromatic heterocycles. The first-order chi connectivity index (χ1) is 59.8. The Labute approximate surface area is 762 Å². The minimum atomic E-state index is -3.87. The van der Waals surface area contributed by atoms with Crippen LogP contribution in [0.1, 0.15) is 98.7 Å². The van der Waals surface area contributed by atoms with Crippen molar-refractivity contribution in [3.05, 3.63) is 269 Å². The number of phenolic OH excluding ortho intramolecular Hbond substituents is 1. The van der Waals surface area contributed by atoms with Crippen molar-refractivity contribution >= 4 is 106 Å². The highest BCUT2D eigenvalue weighted by Gasteiger charge is 2.29. The molecule has 4 N–H and O–H groups in total. The van der Waals surface area contributed by atoms with E-state index in [1.165, 1.54) is 24.3 Å². The van der Waals surface area contributed by atoms with Crippen LogP contribution >= 0.6 is 11.6 Å². The number of amides is 2. The Kier molecular flexibility index (Phi) is 48.0. The molecule has 0 radical (unpaired) electrons. The van der Waals surface area contributed by atoms with E-state index >= 15 is 0 Å². The summed E-state index contributed by atoms with van der Waals surface area (Å²) in [6, 6.07) is 67.6. The van der Waals surface area contributed by atoms with E-state index in [-0.39, 0.29) is 79.6 Å². The number of alkyl halides is 1. The maximum absolute atomic E-state index is 12.7. The first-order valence-corrected chi connectivity index (χ1v) is 53.1. The normalized spacial score (nSPS) is 13.1. The van der Waals surface area contributed by atoms with Crippen LogP contribution < -0.4 is 36.0 Å². The summed E-state index contributed by atoms with van der Waals surface area (Å²) in [5.74, 6) is 2.45. The Hall–Kier alpha value is -9.58. The number of hydrogen-bond acceptors (Lipinski definition) is 28. The molecule has 128 heavy (non-hydrogen) atoms. The summed E-state index contributed by atoms with van der Waals surface area (Å²) in [5.41, 5.74) is 8.23. The largest absolute Gasteiger partial charge is 0.508 e. The Morgan fingerprint density at radius 2 is 0.719 bits per heavy atom. The summed E-state index contributed by atoms with van der Waals surface area (Å²) < 4.78 is 189. The molecule has 0 unspecified atom stereocenters. The van der Waals surface area contributed by atoms with Crippen LogP contribution in [-0.2, 0) is 127 Å². The molecule has 2 fully saturated rings. The highest BCUT2D eigenvalue weighted by Crippen LogP contribution is 2.28. The number of nitrogens with one attached hydrogen (secondary N) is 1. The van der Waals surface area contributed by atoms with Crippen LogP contribution in [0.2, 0.25) is 0 Å². The molecule has 11 rings (SSSR count). The smallest absolute Gasteiger partial charge is 0.339 e. The summed E-state index contributed by atoms with van der Waals surface area (Å²) in [7, 11) is -24.8. The molecule has 2 saturated heterocycles. The number of aromatic hydroxyl groups is 1. The summed E-state index contributed by atoms with van der Waals surface area (Å²) in [6.45, 7) is 10.6. The number of nitrogens with zero attached hydrogens (tertiary/aromatic N) is 3. The minimum absolute atomic E-state index is 0. The van der Waals surface area contributed by atoms with Crippen LogP contribution in [0.5, 0.6) is 34.5 Å². The number of rotatable bonds is 34. The van der Waals surface area contributed by atoms with E-state index in [2.05, 4.69) is 22.8 Å². The van der Waals surface area contributed by atoms with Crippen LogP contribution in [-0.4, -0.2) is 206 Å². The van der Waals surface area contributed by atoms with Gasteiger partial charge >= 0.3 is 50.6 Å². The van der Waals surface area contributed by atoms with Gasteiger partial charge < -0.3 is 56.3 Å². The SMILES string of the molecule is C.CCC(=O)N(c1ccccc1)C1CCN(CCc2cccc(OS(=O)(=O)c3ccc(C)cc3)c2)CC1.CCC(=O)N(c1ccccc1)C1CCNCC1.CS(=O)(=O)OCCc1cccc(OS(C)(=O)=O)c1.CS(=O)(=O)OCCc1cccc(OS(C)(=O)=O)c1.CS(=O)(=O)Oc1cccc(CCCl)c1.CS(=O)(=O)Oc1cccc(CCO)c1.OCCc1cccc(O)c1. The fourth-order valence-electron chi connectivity index (χ4n) is 12.4. The first-order valence-electron chi connectivity index (χ1n) is 40.3. The molecular weight excluding hydrogens is 1810 g/mol. The molecule has 0 atom stereocenters. The van der Waals surface area contributed by atoms with E-state index in [4.69, 9.17) is 43.7 Å². The molecule has 0 bridgehead atoms. The Bertz CT molecular complexity index is 5530. The average Bonchev–Trinajstić information content (AvgIpc) is 0.832. The highest BCUT2D eigenvalue weighted by molar-refractivity contribution is 7.88. The first kappa shape index (κ1) is 111. The number of phenols is 1. The second-order valence-electron chi connectivity index (χ2n) is 29.1. The van der Waals surface area contributed by atoms with Gasteiger partial charge in [0.25, 0.3) is 20.2 Å². The van der Waals surface area contributed by atoms with Crippen molar-refractivity contribution in [2.24, 2.45) is 0 Å². The van der Waals surface area contributed by atoms with Gasteiger partial charge in [-0.1, -0.05) is 148 Å². The van der Waals surface area contributed by atoms with Gasteiger partial charge in [0.05, 0.1) is 50.7 Å². The number of aliphatic hydroxyl groups is 2. The molecule has 0 spiro atoms. The topological polar surface area (TPSA) is 420 Å². The van der Waals surface area contributed by atoms with Crippen molar-refractivity contribution in [2.75, 3.05) is 112 Å². The predicted molar refractivity (Wildman–Crippen MR) is 500 cm³/mol. The molecule has 2 aliphatic rings. The number of carbonyl (C=O) groups excluding carboxylic acids is 2. The minimum Gasteiger partial charge on any atom is -0.508 e. The average molecular weight is 1930 g/mol. The fourth-order valence-corrected chi connectivity index (χ4v) is 16.2. The van der Waals surface area contributed by atoms with Crippen molar-refractivity contribution < 1.29 is 113 Å². The monoisotopic (exact) mass is 1930 g/mol. The number of aliphatic hydroxyl groups excluding tert-OH is 2. The maximum atomic E-state index is 12.7. The molecule has 30 nitrogen and oxygen atoms in total. The number of likely N-dealkylation sites (tertiary alicyclic amines) is 1. The Morgan fingerprint density at radius 3 is 1.05 bits per heavy atom. The van der Waals surface area contributed by atoms with Crippen molar-refractivity contribution in [1.82, 2.24) is 10.2 Å². The molecule has 0 saturated carbocycles. The van der Waals surface area contributed by atoms with E-state index in [0.29, 0.717) is 68.4 Å². The van der Waals surface area contributed by atoms with E-state index < -0.39 is 70.8 Å². The van der Waals surface area contributed by atoms with Crippen LogP contribution in [0.4, 0.5) is 11.4 Å². The molecule has 9 aromatic rings. The summed E-state index contributed by atoms with van der Waals surface area (Å²) >= 11 is 5.56. The van der Waals surface area contributed by atoms with Crippen LogP contribution in [0.25, 0.3) is 0 Å². The molecule has 0 aliphatic carbocycles. The molecule has 2 heterocycles. The number of benzene rings is 9. The van der Waals surface area contributed by atoms with Gasteiger partial charge in [-0.3, -0.25) is 18.0 Å². The van der Waals surface area contributed by atoms with E-state index in [1.807, 2.05) is 116 Å². The lowest BCUT2D eigenvalue weighted by atomic mass is 10.0. The number of carbonyl (C=O) groups is 2. The molecular formula is C90H119ClN4O26S7. The van der Waals surface area contributed by atoms with Crippen LogP contribution in [0, 0.1) is 6.92 Å². The van der Waals surface area contributed by atoms with E-state index in [9.17, 15) is 68.5 Å². The fraction of sp³-hybridized carbons (Fsp3) is 0.378. The summed E-state index contributed by atoms with van der Waals surface area (Å²) in [4.78, 5) is 31.3. The second-order valence-corrected chi connectivity index (χ2v) is 40.6. The third-order valence-electron chi connectivity index (χ3n) is 18.0. The lowest BCUT2D eigenvalue weighted by Gasteiger charge is -2.38. The number of piperidine rings is 2. The van der Waals surface area contributed by atoms with Crippen LogP contribution in [0.15, 0.2) is 235 Å². The lowest BCUT2D eigenvalue weighted by molar-refractivity contribution is -0.119. The number of anilines is 2. The zero-order valence-electron chi connectivity index (χ0n) is 72.5. The Morgan fingerprint density at radius 1 is 0.398 bits per heavy atom. The van der Waals surface area contributed by atoms with Gasteiger partial charge in [0.1, 0.15) is 39.4 Å². The summed E-state index contributed by atoms with van der Waals surface area (Å²) in [5, 5.41) is 29.5. The number of halogens is 1. The zero-order valence-corrected chi connectivity index (χ0v) is 78.9. The lowest BCUT2D eigenvalue weighted by Crippen LogP contribution is -2.47.